The van der Waals surface area contributed by atoms with Gasteiger partial charge in [0.15, 0.2) is 0 Å². The Hall–Kier alpha value is -1.54. The smallest absolute Gasteiger partial charge is 0.263 e. The number of rotatable bonds is 5. The van der Waals surface area contributed by atoms with Crippen LogP contribution in [0.2, 0.25) is 5.15 Å². The number of nitrogens with one attached hydrogen (secondary N) is 1. The largest absolute Gasteiger partial charge is 0.278 e. The molecule has 3 aromatic rings. The summed E-state index contributed by atoms with van der Waals surface area (Å²) in [4.78, 5) is 5.72. The molecule has 0 aliphatic carbocycles. The van der Waals surface area contributed by atoms with Crippen molar-refractivity contribution < 1.29 is 8.42 Å². The van der Waals surface area contributed by atoms with E-state index >= 15 is 0 Å². The number of aromatic nitrogens is 1. The van der Waals surface area contributed by atoms with E-state index in [1.807, 2.05) is 42.5 Å². The zero-order chi connectivity index (χ0) is 17.9. The van der Waals surface area contributed by atoms with Crippen LogP contribution in [0.4, 0.5) is 5.69 Å². The van der Waals surface area contributed by atoms with Crippen LogP contribution in [-0.4, -0.2) is 13.4 Å². The van der Waals surface area contributed by atoms with Crippen molar-refractivity contribution >= 4 is 55.0 Å². The van der Waals surface area contributed by atoms with Crippen LogP contribution < -0.4 is 4.72 Å². The van der Waals surface area contributed by atoms with Gasteiger partial charge in [0.2, 0.25) is 0 Å². The number of nitrogens with zero attached hydrogens (tertiary/aromatic N) is 1. The topological polar surface area (TPSA) is 59.1 Å². The summed E-state index contributed by atoms with van der Waals surface area (Å²) in [5, 5.41) is 0.207. The Kier molecular flexibility index (Phi) is 5.68. The summed E-state index contributed by atoms with van der Waals surface area (Å²) in [5.74, 6) is 0. The zero-order valence-corrected chi connectivity index (χ0v) is 16.7. The van der Waals surface area contributed by atoms with Gasteiger partial charge >= 0.3 is 0 Å². The Morgan fingerprint density at radius 2 is 1.72 bits per heavy atom. The third kappa shape index (κ3) is 4.55. The van der Waals surface area contributed by atoms with E-state index in [2.05, 4.69) is 25.6 Å². The van der Waals surface area contributed by atoms with Crippen LogP contribution in [0.5, 0.6) is 0 Å². The lowest BCUT2D eigenvalue weighted by Gasteiger charge is -2.12. The molecule has 4 nitrogen and oxygen atoms in total. The quantitative estimate of drug-likeness (QED) is 0.520. The van der Waals surface area contributed by atoms with Crippen LogP contribution in [0.1, 0.15) is 0 Å². The molecule has 1 heterocycles. The van der Waals surface area contributed by atoms with E-state index in [0.717, 1.165) is 9.79 Å². The molecule has 128 valence electrons. The van der Waals surface area contributed by atoms with Gasteiger partial charge in [-0.3, -0.25) is 4.72 Å². The maximum atomic E-state index is 12.6. The Labute approximate surface area is 163 Å². The van der Waals surface area contributed by atoms with E-state index < -0.39 is 10.0 Å². The molecule has 0 unspecified atom stereocenters. The van der Waals surface area contributed by atoms with Crippen molar-refractivity contribution in [2.75, 3.05) is 4.72 Å². The number of hydrogen-bond acceptors (Lipinski definition) is 4. The zero-order valence-electron chi connectivity index (χ0n) is 12.7. The van der Waals surface area contributed by atoms with E-state index in [9.17, 15) is 8.42 Å². The second kappa shape index (κ2) is 7.78. The van der Waals surface area contributed by atoms with Gasteiger partial charge in [0.05, 0.1) is 10.2 Å². The molecule has 0 bridgehead atoms. The van der Waals surface area contributed by atoms with Crippen LogP contribution in [0.25, 0.3) is 0 Å². The third-order valence-corrected chi connectivity index (χ3v) is 6.73. The highest BCUT2D eigenvalue weighted by Gasteiger charge is 2.18. The molecule has 25 heavy (non-hydrogen) atoms. The molecule has 3 rings (SSSR count). The number of sulfonamides is 1. The van der Waals surface area contributed by atoms with Gasteiger partial charge in [-0.2, -0.15) is 0 Å². The van der Waals surface area contributed by atoms with Crippen molar-refractivity contribution in [3.05, 3.63) is 76.5 Å². The van der Waals surface area contributed by atoms with Gasteiger partial charge in [0.25, 0.3) is 10.0 Å². The Balaban J connectivity index is 1.91. The normalized spacial score (nSPS) is 11.3. The molecule has 0 spiro atoms. The molecule has 0 amide bonds. The molecule has 0 saturated carbocycles. The highest BCUT2D eigenvalue weighted by molar-refractivity contribution is 9.10. The van der Waals surface area contributed by atoms with Crippen LogP contribution >= 0.6 is 39.3 Å². The molecule has 0 radical (unpaired) electrons. The lowest BCUT2D eigenvalue weighted by molar-refractivity contribution is 0.600. The molecule has 1 N–H and O–H groups in total. The van der Waals surface area contributed by atoms with E-state index in [-0.39, 0.29) is 10.0 Å². The third-order valence-electron chi connectivity index (χ3n) is 3.18. The Morgan fingerprint density at radius 3 is 2.44 bits per heavy atom. The maximum Gasteiger partial charge on any atom is 0.263 e. The van der Waals surface area contributed by atoms with Gasteiger partial charge in [-0.05, 0) is 46.3 Å². The first-order valence-electron chi connectivity index (χ1n) is 7.11. The van der Waals surface area contributed by atoms with Crippen molar-refractivity contribution in [1.82, 2.24) is 4.98 Å². The molecular weight excluding hydrogens is 444 g/mol. The predicted octanol–water partition coefficient (Wildman–Crippen LogP) is 5.45. The summed E-state index contributed by atoms with van der Waals surface area (Å²) in [6.07, 6.45) is 1.22. The van der Waals surface area contributed by atoms with Crippen LogP contribution in [0.15, 0.2) is 86.0 Å². The van der Waals surface area contributed by atoms with Crippen molar-refractivity contribution in [2.24, 2.45) is 0 Å². The number of hydrogen-bond donors (Lipinski definition) is 1. The van der Waals surface area contributed by atoms with Crippen molar-refractivity contribution in [2.45, 2.75) is 14.7 Å². The highest BCUT2D eigenvalue weighted by Crippen LogP contribution is 2.34. The van der Waals surface area contributed by atoms with Gasteiger partial charge in [-0.15, -0.1) is 0 Å². The lowest BCUT2D eigenvalue weighted by atomic mass is 10.3. The summed E-state index contributed by atoms with van der Waals surface area (Å²) < 4.78 is 28.3. The number of pyridine rings is 1. The first kappa shape index (κ1) is 18.3. The fourth-order valence-electron chi connectivity index (χ4n) is 2.01. The average molecular weight is 456 g/mol. The van der Waals surface area contributed by atoms with Gasteiger partial charge in [-0.25, -0.2) is 13.4 Å². The van der Waals surface area contributed by atoms with Gasteiger partial charge in [0.1, 0.15) is 10.0 Å². The van der Waals surface area contributed by atoms with E-state index in [1.54, 1.807) is 12.1 Å². The van der Waals surface area contributed by atoms with Crippen LogP contribution in [0.3, 0.4) is 0 Å². The van der Waals surface area contributed by atoms with Crippen molar-refractivity contribution in [3.63, 3.8) is 0 Å². The standard InChI is InChI=1S/C17H12BrClN2O2S2/c18-14-10-13(11-20-17(14)19)25(22,23)21-15-8-4-5-9-16(15)24-12-6-2-1-3-7-12/h1-11,21H. The molecule has 0 aliphatic rings. The summed E-state index contributed by atoms with van der Waals surface area (Å²) in [5.41, 5.74) is 0.502. The minimum atomic E-state index is -3.78. The molecule has 0 saturated heterocycles. The summed E-state index contributed by atoms with van der Waals surface area (Å²) in [6.45, 7) is 0. The molecule has 1 aromatic heterocycles. The van der Waals surface area contributed by atoms with Gasteiger partial charge in [-0.1, -0.05) is 53.7 Å². The molecule has 2 aromatic carbocycles. The fourth-order valence-corrected chi connectivity index (χ4v) is 4.65. The first-order chi connectivity index (χ1) is 12.0. The van der Waals surface area contributed by atoms with Crippen molar-refractivity contribution in [1.29, 1.82) is 0 Å². The fraction of sp³-hybridized carbons (Fsp3) is 0. The lowest BCUT2D eigenvalue weighted by Crippen LogP contribution is -2.14. The number of para-hydroxylation sites is 1. The average Bonchev–Trinajstić information content (AvgIpc) is 2.60. The van der Waals surface area contributed by atoms with Gasteiger partial charge < -0.3 is 0 Å². The van der Waals surface area contributed by atoms with Crippen LogP contribution in [-0.2, 0) is 10.0 Å². The number of benzene rings is 2. The summed E-state index contributed by atoms with van der Waals surface area (Å²) in [7, 11) is -3.78. The molecular formula is C17H12BrClN2O2S2. The SMILES string of the molecule is O=S(=O)(Nc1ccccc1Sc1ccccc1)c1cnc(Cl)c(Br)c1. The molecule has 0 atom stereocenters. The summed E-state index contributed by atoms with van der Waals surface area (Å²) >= 11 is 10.5. The van der Waals surface area contributed by atoms with E-state index in [1.165, 1.54) is 24.0 Å². The Bertz CT molecular complexity index is 999. The molecule has 0 aliphatic heterocycles. The number of halogens is 2. The van der Waals surface area contributed by atoms with Gasteiger partial charge in [0, 0.05) is 16.0 Å². The molecule has 8 heteroatoms. The molecule has 0 fully saturated rings. The Morgan fingerprint density at radius 1 is 1.04 bits per heavy atom. The predicted molar refractivity (Wildman–Crippen MR) is 105 cm³/mol. The first-order valence-corrected chi connectivity index (χ1v) is 10.6. The summed E-state index contributed by atoms with van der Waals surface area (Å²) in [6, 6.07) is 18.4. The monoisotopic (exact) mass is 454 g/mol. The van der Waals surface area contributed by atoms with Crippen molar-refractivity contribution in [3.8, 4) is 0 Å². The van der Waals surface area contributed by atoms with E-state index in [0.29, 0.717) is 10.2 Å². The maximum absolute atomic E-state index is 12.6. The van der Waals surface area contributed by atoms with Crippen LogP contribution in [0, 0.1) is 0 Å². The number of anilines is 1. The second-order valence-electron chi connectivity index (χ2n) is 4.96. The second-order valence-corrected chi connectivity index (χ2v) is 8.97. The van der Waals surface area contributed by atoms with E-state index in [4.69, 9.17) is 11.6 Å². The minimum absolute atomic E-state index is 0.0308. The highest BCUT2D eigenvalue weighted by atomic mass is 79.9. The minimum Gasteiger partial charge on any atom is -0.278 e.